The molecule has 1 N–H and O–H groups in total. The van der Waals surface area contributed by atoms with E-state index in [2.05, 4.69) is 40.4 Å². The molecule has 0 bridgehead atoms. The van der Waals surface area contributed by atoms with Gasteiger partial charge < -0.3 is 10.2 Å². The minimum atomic E-state index is 0.953. The minimum absolute atomic E-state index is 0.953. The second-order valence-electron chi connectivity index (χ2n) is 7.09. The lowest BCUT2D eigenvalue weighted by atomic mass is 10.1. The molecule has 0 aliphatic carbocycles. The number of benzene rings is 1. The largest absolute Gasteiger partial charge is 0.384 e. The highest BCUT2D eigenvalue weighted by Crippen LogP contribution is 2.32. The second kappa shape index (κ2) is 7.00. The predicted molar refractivity (Wildman–Crippen MR) is 104 cm³/mol. The van der Waals surface area contributed by atoms with Crippen molar-refractivity contribution >= 4 is 27.6 Å². The van der Waals surface area contributed by atoms with Crippen LogP contribution in [-0.2, 0) is 7.05 Å². The van der Waals surface area contributed by atoms with Crippen LogP contribution in [0.4, 0.5) is 5.69 Å². The number of hydrogen-bond acceptors (Lipinski definition) is 4. The second-order valence-corrected chi connectivity index (χ2v) is 7.09. The lowest BCUT2D eigenvalue weighted by Gasteiger charge is -2.26. The molecule has 0 saturated carbocycles. The van der Waals surface area contributed by atoms with E-state index in [1.165, 1.54) is 50.0 Å². The number of para-hydroxylation sites is 1. The highest BCUT2D eigenvalue weighted by molar-refractivity contribution is 6.07. The fourth-order valence-corrected chi connectivity index (χ4v) is 3.98. The number of aromatic nitrogens is 3. The molecule has 5 nitrogen and oxygen atoms in total. The third kappa shape index (κ3) is 3.21. The first-order valence-electron chi connectivity index (χ1n) is 9.42. The van der Waals surface area contributed by atoms with E-state index in [-0.39, 0.29) is 0 Å². The Balaban J connectivity index is 1.58. The number of piperidine rings is 1. The van der Waals surface area contributed by atoms with Gasteiger partial charge in [0.25, 0.3) is 0 Å². The van der Waals surface area contributed by atoms with Gasteiger partial charge in [-0.15, -0.1) is 0 Å². The molecule has 0 unspecified atom stereocenters. The summed E-state index contributed by atoms with van der Waals surface area (Å²) in [4.78, 5) is 7.41. The van der Waals surface area contributed by atoms with E-state index in [4.69, 9.17) is 4.98 Å². The molecule has 1 saturated heterocycles. The van der Waals surface area contributed by atoms with Crippen molar-refractivity contribution in [1.29, 1.82) is 0 Å². The van der Waals surface area contributed by atoms with Gasteiger partial charge in [0.15, 0.2) is 5.65 Å². The van der Waals surface area contributed by atoms with E-state index >= 15 is 0 Å². The summed E-state index contributed by atoms with van der Waals surface area (Å²) in [5.41, 5.74) is 4.20. The molecule has 0 radical (unpaired) electrons. The summed E-state index contributed by atoms with van der Waals surface area (Å²) >= 11 is 0. The number of rotatable bonds is 5. The standard InChI is InChI=1S/C20H27N5/c1-15-18-19(21-11-8-14-25-12-6-3-7-13-25)16-9-4-5-10-17(16)22-20(18)24(2)23-15/h4-5,9-10H,3,6-8,11-14H2,1-2H3,(H,21,22). The molecule has 5 heteroatoms. The summed E-state index contributed by atoms with van der Waals surface area (Å²) in [6.45, 7) is 6.77. The normalized spacial score (nSPS) is 15.9. The SMILES string of the molecule is Cc1nn(C)c2nc3ccccc3c(NCCCN3CCCCC3)c12. The van der Waals surface area contributed by atoms with Crippen LogP contribution in [0.25, 0.3) is 21.9 Å². The van der Waals surface area contributed by atoms with Crippen molar-refractivity contribution in [3.05, 3.63) is 30.0 Å². The Labute approximate surface area is 149 Å². The molecule has 25 heavy (non-hydrogen) atoms. The van der Waals surface area contributed by atoms with Crippen molar-refractivity contribution < 1.29 is 0 Å². The maximum Gasteiger partial charge on any atom is 0.160 e. The fourth-order valence-electron chi connectivity index (χ4n) is 3.98. The third-order valence-electron chi connectivity index (χ3n) is 5.24. The van der Waals surface area contributed by atoms with E-state index in [1.807, 2.05) is 17.8 Å². The van der Waals surface area contributed by atoms with Crippen LogP contribution in [0.1, 0.15) is 31.4 Å². The summed E-state index contributed by atoms with van der Waals surface area (Å²) in [6.07, 6.45) is 5.28. The number of anilines is 1. The van der Waals surface area contributed by atoms with E-state index < -0.39 is 0 Å². The van der Waals surface area contributed by atoms with Crippen LogP contribution in [-0.4, -0.2) is 45.8 Å². The van der Waals surface area contributed by atoms with Gasteiger partial charge in [-0.3, -0.25) is 4.68 Å². The van der Waals surface area contributed by atoms with Crippen molar-refractivity contribution in [2.75, 3.05) is 31.5 Å². The van der Waals surface area contributed by atoms with Crippen molar-refractivity contribution in [2.45, 2.75) is 32.6 Å². The molecule has 1 aliphatic rings. The van der Waals surface area contributed by atoms with Crippen LogP contribution >= 0.6 is 0 Å². The van der Waals surface area contributed by atoms with Crippen molar-refractivity contribution in [2.24, 2.45) is 7.05 Å². The van der Waals surface area contributed by atoms with Gasteiger partial charge in [-0.2, -0.15) is 5.10 Å². The zero-order chi connectivity index (χ0) is 17.2. The molecule has 4 rings (SSSR count). The smallest absolute Gasteiger partial charge is 0.160 e. The maximum absolute atomic E-state index is 4.81. The number of hydrogen-bond donors (Lipinski definition) is 1. The number of nitrogens with one attached hydrogen (secondary N) is 1. The molecule has 1 aliphatic heterocycles. The Hall–Kier alpha value is -2.14. The molecule has 0 atom stereocenters. The molecular weight excluding hydrogens is 310 g/mol. The van der Waals surface area contributed by atoms with E-state index in [9.17, 15) is 0 Å². The van der Waals surface area contributed by atoms with Crippen LogP contribution in [0.3, 0.4) is 0 Å². The highest BCUT2D eigenvalue weighted by atomic mass is 15.3. The maximum atomic E-state index is 4.81. The van der Waals surface area contributed by atoms with Crippen LogP contribution < -0.4 is 5.32 Å². The zero-order valence-corrected chi connectivity index (χ0v) is 15.3. The first-order valence-corrected chi connectivity index (χ1v) is 9.42. The average Bonchev–Trinajstić information content (AvgIpc) is 2.92. The van der Waals surface area contributed by atoms with Crippen LogP contribution in [0.2, 0.25) is 0 Å². The molecule has 1 fully saturated rings. The molecule has 0 amide bonds. The van der Waals surface area contributed by atoms with Gasteiger partial charge in [0.1, 0.15) is 0 Å². The minimum Gasteiger partial charge on any atom is -0.384 e. The van der Waals surface area contributed by atoms with Gasteiger partial charge in [-0.1, -0.05) is 24.6 Å². The van der Waals surface area contributed by atoms with Crippen molar-refractivity contribution in [3.63, 3.8) is 0 Å². The number of fused-ring (bicyclic) bond motifs is 2. The van der Waals surface area contributed by atoms with E-state index in [0.29, 0.717) is 0 Å². The van der Waals surface area contributed by atoms with Gasteiger partial charge in [0.05, 0.1) is 22.3 Å². The van der Waals surface area contributed by atoms with Gasteiger partial charge >= 0.3 is 0 Å². The van der Waals surface area contributed by atoms with Crippen LogP contribution in [0, 0.1) is 6.92 Å². The van der Waals surface area contributed by atoms with Gasteiger partial charge in [0.2, 0.25) is 0 Å². The number of pyridine rings is 1. The van der Waals surface area contributed by atoms with Crippen LogP contribution in [0.5, 0.6) is 0 Å². The number of aryl methyl sites for hydroxylation is 2. The number of nitrogens with zero attached hydrogens (tertiary/aromatic N) is 4. The zero-order valence-electron chi connectivity index (χ0n) is 15.3. The van der Waals surface area contributed by atoms with E-state index in [1.54, 1.807) is 0 Å². The molecule has 1 aromatic carbocycles. The summed E-state index contributed by atoms with van der Waals surface area (Å²) < 4.78 is 1.88. The Morgan fingerprint density at radius 3 is 2.76 bits per heavy atom. The summed E-state index contributed by atoms with van der Waals surface area (Å²) in [6, 6.07) is 8.36. The Kier molecular flexibility index (Phi) is 4.57. The van der Waals surface area contributed by atoms with Gasteiger partial charge in [-0.05, 0) is 51.9 Å². The summed E-state index contributed by atoms with van der Waals surface area (Å²) in [5, 5.41) is 10.6. The quantitative estimate of drug-likeness (QED) is 0.721. The molecule has 0 spiro atoms. The topological polar surface area (TPSA) is 46.0 Å². The van der Waals surface area contributed by atoms with Crippen molar-refractivity contribution in [3.8, 4) is 0 Å². The predicted octanol–water partition coefficient (Wildman–Crippen LogP) is 3.72. The van der Waals surface area contributed by atoms with Crippen LogP contribution in [0.15, 0.2) is 24.3 Å². The van der Waals surface area contributed by atoms with Gasteiger partial charge in [-0.25, -0.2) is 4.98 Å². The van der Waals surface area contributed by atoms with E-state index in [0.717, 1.165) is 35.2 Å². The fraction of sp³-hybridized carbons (Fsp3) is 0.500. The summed E-state index contributed by atoms with van der Waals surface area (Å²) in [7, 11) is 1.97. The number of likely N-dealkylation sites (tertiary alicyclic amines) is 1. The summed E-state index contributed by atoms with van der Waals surface area (Å²) in [5.74, 6) is 0. The van der Waals surface area contributed by atoms with Crippen molar-refractivity contribution in [1.82, 2.24) is 19.7 Å². The molecule has 132 valence electrons. The van der Waals surface area contributed by atoms with Gasteiger partial charge in [0, 0.05) is 19.0 Å². The lowest BCUT2D eigenvalue weighted by Crippen LogP contribution is -2.31. The first-order chi connectivity index (χ1) is 12.2. The Morgan fingerprint density at radius 2 is 1.92 bits per heavy atom. The molecule has 3 aromatic rings. The first kappa shape index (κ1) is 16.3. The third-order valence-corrected chi connectivity index (χ3v) is 5.24. The Bertz CT molecular complexity index is 877. The molecule has 3 heterocycles. The molecule has 2 aromatic heterocycles. The average molecular weight is 337 g/mol. The Morgan fingerprint density at radius 1 is 1.12 bits per heavy atom. The lowest BCUT2D eigenvalue weighted by molar-refractivity contribution is 0.228. The monoisotopic (exact) mass is 337 g/mol. The highest BCUT2D eigenvalue weighted by Gasteiger charge is 2.15. The molecular formula is C20H27N5.